The van der Waals surface area contributed by atoms with E-state index >= 15 is 0 Å². The standard InChI is InChI=1S/C14H14Cl2N2O/c1-9(2)14-17-12(16)7-13(18-14)19-8-10-4-3-5-11(15)6-10/h3-7,9H,8H2,1-2H3. The zero-order valence-electron chi connectivity index (χ0n) is 10.7. The van der Waals surface area contributed by atoms with Gasteiger partial charge in [-0.15, -0.1) is 0 Å². The molecule has 0 saturated carbocycles. The molecule has 0 aliphatic carbocycles. The van der Waals surface area contributed by atoms with Gasteiger partial charge in [0.2, 0.25) is 5.88 Å². The van der Waals surface area contributed by atoms with E-state index in [2.05, 4.69) is 9.97 Å². The third-order valence-corrected chi connectivity index (χ3v) is 2.91. The molecule has 0 unspecified atom stereocenters. The Labute approximate surface area is 122 Å². The van der Waals surface area contributed by atoms with Crippen LogP contribution < -0.4 is 4.74 Å². The van der Waals surface area contributed by atoms with Gasteiger partial charge in [0, 0.05) is 17.0 Å². The lowest BCUT2D eigenvalue weighted by Crippen LogP contribution is -2.02. The first kappa shape index (κ1) is 14.1. The van der Waals surface area contributed by atoms with Crippen LogP contribution in [0.2, 0.25) is 10.2 Å². The van der Waals surface area contributed by atoms with Crippen molar-refractivity contribution in [1.29, 1.82) is 0 Å². The van der Waals surface area contributed by atoms with Crippen molar-refractivity contribution in [1.82, 2.24) is 9.97 Å². The van der Waals surface area contributed by atoms with E-state index in [1.54, 1.807) is 6.07 Å². The van der Waals surface area contributed by atoms with E-state index in [0.29, 0.717) is 28.5 Å². The summed E-state index contributed by atoms with van der Waals surface area (Å²) in [6.07, 6.45) is 0. The van der Waals surface area contributed by atoms with E-state index in [9.17, 15) is 0 Å². The fourth-order valence-electron chi connectivity index (χ4n) is 1.53. The van der Waals surface area contributed by atoms with Crippen LogP contribution in [0.15, 0.2) is 30.3 Å². The first-order valence-electron chi connectivity index (χ1n) is 5.96. The summed E-state index contributed by atoms with van der Waals surface area (Å²) in [4.78, 5) is 8.48. The Morgan fingerprint density at radius 1 is 1.16 bits per heavy atom. The summed E-state index contributed by atoms with van der Waals surface area (Å²) in [5.74, 6) is 1.35. The van der Waals surface area contributed by atoms with Gasteiger partial charge in [0.05, 0.1) is 0 Å². The molecular formula is C14H14Cl2N2O. The summed E-state index contributed by atoms with van der Waals surface area (Å²) in [5.41, 5.74) is 0.980. The number of ether oxygens (including phenoxy) is 1. The van der Waals surface area contributed by atoms with Gasteiger partial charge in [-0.1, -0.05) is 49.2 Å². The molecule has 0 radical (unpaired) electrons. The van der Waals surface area contributed by atoms with Gasteiger partial charge in [0.25, 0.3) is 0 Å². The van der Waals surface area contributed by atoms with E-state index in [1.165, 1.54) is 0 Å². The van der Waals surface area contributed by atoms with E-state index in [-0.39, 0.29) is 5.92 Å². The van der Waals surface area contributed by atoms with E-state index in [0.717, 1.165) is 5.56 Å². The molecule has 0 bridgehead atoms. The zero-order chi connectivity index (χ0) is 13.8. The molecule has 19 heavy (non-hydrogen) atoms. The molecule has 100 valence electrons. The van der Waals surface area contributed by atoms with Gasteiger partial charge in [-0.3, -0.25) is 0 Å². The molecule has 0 fully saturated rings. The van der Waals surface area contributed by atoms with Gasteiger partial charge in [0.1, 0.15) is 17.6 Å². The summed E-state index contributed by atoms with van der Waals surface area (Å²) >= 11 is 11.9. The van der Waals surface area contributed by atoms with E-state index in [1.807, 2.05) is 38.1 Å². The van der Waals surface area contributed by atoms with Crippen molar-refractivity contribution in [3.05, 3.63) is 51.9 Å². The molecule has 1 aromatic carbocycles. The minimum Gasteiger partial charge on any atom is -0.473 e. The largest absolute Gasteiger partial charge is 0.473 e. The van der Waals surface area contributed by atoms with E-state index < -0.39 is 0 Å². The Balaban J connectivity index is 2.11. The summed E-state index contributed by atoms with van der Waals surface area (Å²) in [6, 6.07) is 9.11. The van der Waals surface area contributed by atoms with Crippen LogP contribution >= 0.6 is 23.2 Å². The Morgan fingerprint density at radius 3 is 2.63 bits per heavy atom. The maximum absolute atomic E-state index is 5.95. The molecule has 5 heteroatoms. The van der Waals surface area contributed by atoms with Crippen LogP contribution in [0.1, 0.15) is 31.2 Å². The Bertz CT molecular complexity index is 573. The van der Waals surface area contributed by atoms with Gasteiger partial charge < -0.3 is 4.74 Å². The van der Waals surface area contributed by atoms with Crippen LogP contribution in [-0.4, -0.2) is 9.97 Å². The predicted molar refractivity (Wildman–Crippen MR) is 76.9 cm³/mol. The lowest BCUT2D eigenvalue weighted by molar-refractivity contribution is 0.292. The quantitative estimate of drug-likeness (QED) is 0.780. The Kier molecular flexibility index (Phi) is 4.61. The molecule has 1 heterocycles. The smallest absolute Gasteiger partial charge is 0.218 e. The third kappa shape index (κ3) is 4.08. The molecule has 0 atom stereocenters. The minimum atomic E-state index is 0.201. The van der Waals surface area contributed by atoms with Gasteiger partial charge in [0.15, 0.2) is 0 Å². The summed E-state index contributed by atoms with van der Waals surface area (Å²) in [7, 11) is 0. The second kappa shape index (κ2) is 6.22. The maximum atomic E-state index is 5.95. The lowest BCUT2D eigenvalue weighted by Gasteiger charge is -2.09. The van der Waals surface area contributed by atoms with Crippen LogP contribution in [0.25, 0.3) is 0 Å². The summed E-state index contributed by atoms with van der Waals surface area (Å²) < 4.78 is 5.62. The fourth-order valence-corrected chi connectivity index (χ4v) is 1.92. The predicted octanol–water partition coefficient (Wildman–Crippen LogP) is 4.49. The summed E-state index contributed by atoms with van der Waals surface area (Å²) in [5, 5.41) is 1.07. The highest BCUT2D eigenvalue weighted by Crippen LogP contribution is 2.20. The van der Waals surface area contributed by atoms with Crippen LogP contribution in [0.4, 0.5) is 0 Å². The topological polar surface area (TPSA) is 35.0 Å². The minimum absolute atomic E-state index is 0.201. The number of nitrogens with zero attached hydrogens (tertiary/aromatic N) is 2. The number of hydrogen-bond donors (Lipinski definition) is 0. The molecule has 0 aliphatic heterocycles. The maximum Gasteiger partial charge on any atom is 0.218 e. The summed E-state index contributed by atoms with van der Waals surface area (Å²) in [6.45, 7) is 4.41. The average Bonchev–Trinajstić information content (AvgIpc) is 2.36. The van der Waals surface area contributed by atoms with Crippen molar-refractivity contribution < 1.29 is 4.74 Å². The Hall–Kier alpha value is -1.32. The monoisotopic (exact) mass is 296 g/mol. The normalized spacial score (nSPS) is 10.8. The fraction of sp³-hybridized carbons (Fsp3) is 0.286. The first-order chi connectivity index (χ1) is 9.04. The molecule has 0 N–H and O–H groups in total. The van der Waals surface area contributed by atoms with Gasteiger partial charge in [-0.2, -0.15) is 4.98 Å². The molecule has 2 rings (SSSR count). The number of aromatic nitrogens is 2. The van der Waals surface area contributed by atoms with Gasteiger partial charge in [-0.05, 0) is 17.7 Å². The van der Waals surface area contributed by atoms with Gasteiger partial charge >= 0.3 is 0 Å². The highest BCUT2D eigenvalue weighted by Gasteiger charge is 2.08. The van der Waals surface area contributed by atoms with Gasteiger partial charge in [-0.25, -0.2) is 4.98 Å². The number of halogens is 2. The lowest BCUT2D eigenvalue weighted by atomic mass is 10.2. The number of rotatable bonds is 4. The van der Waals surface area contributed by atoms with Crippen LogP contribution in [0.5, 0.6) is 5.88 Å². The molecular weight excluding hydrogens is 283 g/mol. The second-order valence-corrected chi connectivity index (χ2v) is 5.28. The van der Waals surface area contributed by atoms with Crippen molar-refractivity contribution in [2.45, 2.75) is 26.4 Å². The van der Waals surface area contributed by atoms with E-state index in [4.69, 9.17) is 27.9 Å². The Morgan fingerprint density at radius 2 is 1.95 bits per heavy atom. The van der Waals surface area contributed by atoms with Crippen LogP contribution in [0, 0.1) is 0 Å². The second-order valence-electron chi connectivity index (χ2n) is 4.46. The van der Waals surface area contributed by atoms with Crippen molar-refractivity contribution >= 4 is 23.2 Å². The number of hydrogen-bond acceptors (Lipinski definition) is 3. The SMILES string of the molecule is CC(C)c1nc(Cl)cc(OCc2cccc(Cl)c2)n1. The molecule has 0 amide bonds. The molecule has 2 aromatic rings. The average molecular weight is 297 g/mol. The van der Waals surface area contributed by atoms with Crippen molar-refractivity contribution in [3.63, 3.8) is 0 Å². The zero-order valence-corrected chi connectivity index (χ0v) is 12.2. The third-order valence-electron chi connectivity index (χ3n) is 2.48. The molecule has 0 spiro atoms. The molecule has 1 aromatic heterocycles. The molecule has 3 nitrogen and oxygen atoms in total. The highest BCUT2D eigenvalue weighted by atomic mass is 35.5. The first-order valence-corrected chi connectivity index (χ1v) is 6.72. The van der Waals surface area contributed by atoms with Crippen LogP contribution in [-0.2, 0) is 6.61 Å². The molecule has 0 aliphatic rings. The number of benzene rings is 1. The van der Waals surface area contributed by atoms with Crippen molar-refractivity contribution in [2.24, 2.45) is 0 Å². The van der Waals surface area contributed by atoms with Crippen LogP contribution in [0.3, 0.4) is 0 Å². The van der Waals surface area contributed by atoms with Crippen molar-refractivity contribution in [3.8, 4) is 5.88 Å². The highest BCUT2D eigenvalue weighted by molar-refractivity contribution is 6.30. The molecule has 0 saturated heterocycles. The van der Waals surface area contributed by atoms with Crippen molar-refractivity contribution in [2.75, 3.05) is 0 Å².